The molecule has 0 unspecified atom stereocenters. The number of piperazine rings is 1. The number of hydrogen-bond donors (Lipinski definition) is 0. The molecule has 1 amide bonds. The fourth-order valence-electron chi connectivity index (χ4n) is 4.64. The Morgan fingerprint density at radius 3 is 2.27 bits per heavy atom. The first-order valence-electron chi connectivity index (χ1n) is 11.3. The highest BCUT2D eigenvalue weighted by atomic mass is 32.2. The number of carbonyl (C=O) groups is 1. The minimum Gasteiger partial charge on any atom is -0.340 e. The van der Waals surface area contributed by atoms with Gasteiger partial charge in [0.2, 0.25) is 15.9 Å². The second kappa shape index (κ2) is 9.19. The van der Waals surface area contributed by atoms with E-state index < -0.39 is 19.9 Å². The maximum absolute atomic E-state index is 13.0. The molecule has 1 saturated heterocycles. The first kappa shape index (κ1) is 23.9. The lowest BCUT2D eigenvalue weighted by Crippen LogP contribution is -2.50. The first-order valence-corrected chi connectivity index (χ1v) is 14.4. The summed E-state index contributed by atoms with van der Waals surface area (Å²) in [4.78, 5) is 14.8. The van der Waals surface area contributed by atoms with Crippen molar-refractivity contribution >= 4 is 25.8 Å². The maximum Gasteiger partial charge on any atom is 0.243 e. The van der Waals surface area contributed by atoms with Crippen LogP contribution in [0.5, 0.6) is 0 Å². The van der Waals surface area contributed by atoms with Crippen molar-refractivity contribution in [2.45, 2.75) is 49.3 Å². The summed E-state index contributed by atoms with van der Waals surface area (Å²) in [6.45, 7) is 4.58. The van der Waals surface area contributed by atoms with Crippen molar-refractivity contribution in [1.82, 2.24) is 9.21 Å². The van der Waals surface area contributed by atoms with Crippen LogP contribution >= 0.6 is 0 Å². The number of sulfonamides is 1. The topological polar surface area (TPSA) is 91.8 Å². The molecule has 0 spiro atoms. The monoisotopic (exact) mass is 490 g/mol. The summed E-state index contributed by atoms with van der Waals surface area (Å²) >= 11 is 0. The minimum atomic E-state index is -3.64. The quantitative estimate of drug-likeness (QED) is 0.620. The van der Waals surface area contributed by atoms with Crippen LogP contribution in [0.25, 0.3) is 0 Å². The van der Waals surface area contributed by atoms with Crippen LogP contribution in [-0.2, 0) is 37.5 Å². The summed E-state index contributed by atoms with van der Waals surface area (Å²) < 4.78 is 53.0. The van der Waals surface area contributed by atoms with Gasteiger partial charge < -0.3 is 4.90 Å². The number of benzene rings is 2. The van der Waals surface area contributed by atoms with Gasteiger partial charge in [-0.05, 0) is 68.0 Å². The van der Waals surface area contributed by atoms with Crippen LogP contribution in [0.2, 0.25) is 0 Å². The van der Waals surface area contributed by atoms with Crippen molar-refractivity contribution in [1.29, 1.82) is 0 Å². The molecule has 1 heterocycles. The van der Waals surface area contributed by atoms with Crippen LogP contribution in [0.3, 0.4) is 0 Å². The Hall–Kier alpha value is -2.23. The Kier molecular flexibility index (Phi) is 6.66. The van der Waals surface area contributed by atoms with Crippen molar-refractivity contribution in [3.8, 4) is 0 Å². The number of nitrogens with zero attached hydrogens (tertiary/aromatic N) is 2. The van der Waals surface area contributed by atoms with Gasteiger partial charge in [-0.3, -0.25) is 4.79 Å². The van der Waals surface area contributed by atoms with Gasteiger partial charge in [-0.2, -0.15) is 4.31 Å². The number of fused-ring (bicyclic) bond motifs is 1. The predicted octanol–water partition coefficient (Wildman–Crippen LogP) is 2.49. The van der Waals surface area contributed by atoms with Crippen molar-refractivity contribution in [3.05, 3.63) is 58.7 Å². The molecule has 1 aliphatic carbocycles. The summed E-state index contributed by atoms with van der Waals surface area (Å²) in [5.74, 6) is -0.505. The molecule has 7 nitrogen and oxygen atoms in total. The predicted molar refractivity (Wildman–Crippen MR) is 126 cm³/mol. The molecule has 0 aromatic heterocycles. The van der Waals surface area contributed by atoms with Gasteiger partial charge in [-0.15, -0.1) is 0 Å². The van der Waals surface area contributed by atoms with Crippen LogP contribution in [0.1, 0.15) is 35.1 Å². The lowest BCUT2D eigenvalue weighted by molar-refractivity contribution is -0.131. The Morgan fingerprint density at radius 1 is 0.879 bits per heavy atom. The molecule has 2 aliphatic rings. The van der Waals surface area contributed by atoms with Crippen LogP contribution < -0.4 is 0 Å². The highest BCUT2D eigenvalue weighted by molar-refractivity contribution is 7.91. The zero-order valence-electron chi connectivity index (χ0n) is 19.1. The van der Waals surface area contributed by atoms with Crippen LogP contribution in [0.4, 0.5) is 0 Å². The van der Waals surface area contributed by atoms with E-state index in [1.165, 1.54) is 9.87 Å². The van der Waals surface area contributed by atoms with Gasteiger partial charge in [0.15, 0.2) is 9.84 Å². The van der Waals surface area contributed by atoms with Crippen molar-refractivity contribution in [3.63, 3.8) is 0 Å². The third-order valence-corrected chi connectivity index (χ3v) is 10.3. The molecule has 2 aromatic rings. The zero-order chi connectivity index (χ0) is 23.8. The third-order valence-electron chi connectivity index (χ3n) is 6.55. The summed E-state index contributed by atoms with van der Waals surface area (Å²) in [6.07, 6.45) is 2.82. The molecule has 0 bridgehead atoms. The lowest BCUT2D eigenvalue weighted by atomic mass is 10.1. The minimum absolute atomic E-state index is 0.108. The van der Waals surface area contributed by atoms with E-state index in [1.807, 2.05) is 19.1 Å². The van der Waals surface area contributed by atoms with Crippen molar-refractivity contribution < 1.29 is 21.6 Å². The van der Waals surface area contributed by atoms with Gasteiger partial charge in [0, 0.05) is 32.6 Å². The van der Waals surface area contributed by atoms with Gasteiger partial charge in [0.1, 0.15) is 0 Å². The molecule has 4 rings (SSSR count). The van der Waals surface area contributed by atoms with Crippen molar-refractivity contribution in [2.75, 3.05) is 31.9 Å². The van der Waals surface area contributed by atoms with Crippen LogP contribution in [0, 0.1) is 13.8 Å². The second-order valence-corrected chi connectivity index (χ2v) is 12.9. The van der Waals surface area contributed by atoms with E-state index in [0.717, 1.165) is 30.4 Å². The van der Waals surface area contributed by atoms with Crippen LogP contribution in [0.15, 0.2) is 46.2 Å². The molecule has 0 N–H and O–H groups in total. The summed E-state index contributed by atoms with van der Waals surface area (Å²) in [5.41, 5.74) is 3.99. The molecule has 9 heteroatoms. The fourth-order valence-corrected chi connectivity index (χ4v) is 7.55. The average Bonchev–Trinajstić information content (AvgIpc) is 3.25. The Bertz CT molecular complexity index is 1280. The standard InChI is InChI=1S/C24H30N2O5S2/c1-18-6-9-23(19(2)16-18)33(30,31)26-13-11-25(12-14-26)24(27)10-15-32(28,29)22-8-7-20-4-3-5-21(20)17-22/h6-9,16-17H,3-5,10-15H2,1-2H3. The highest BCUT2D eigenvalue weighted by Crippen LogP contribution is 2.26. The first-order chi connectivity index (χ1) is 15.6. The summed E-state index contributed by atoms with van der Waals surface area (Å²) in [5, 5.41) is 0. The number of hydrogen-bond acceptors (Lipinski definition) is 5. The normalized spacial score (nSPS) is 17.2. The van der Waals surface area contributed by atoms with E-state index in [1.54, 1.807) is 36.1 Å². The average molecular weight is 491 g/mol. The van der Waals surface area contributed by atoms with E-state index >= 15 is 0 Å². The van der Waals surface area contributed by atoms with E-state index in [-0.39, 0.29) is 54.1 Å². The molecule has 0 saturated carbocycles. The number of aryl methyl sites for hydroxylation is 4. The largest absolute Gasteiger partial charge is 0.340 e. The third kappa shape index (κ3) is 5.00. The Balaban J connectivity index is 1.35. The number of rotatable bonds is 6. The number of sulfone groups is 1. The van der Waals surface area contributed by atoms with Gasteiger partial charge in [-0.1, -0.05) is 23.8 Å². The second-order valence-electron chi connectivity index (χ2n) is 8.91. The smallest absolute Gasteiger partial charge is 0.243 e. The van der Waals surface area contributed by atoms with E-state index in [2.05, 4.69) is 0 Å². The summed E-state index contributed by atoms with van der Waals surface area (Å²) in [7, 11) is -7.18. The molecular weight excluding hydrogens is 460 g/mol. The van der Waals surface area contributed by atoms with Gasteiger partial charge >= 0.3 is 0 Å². The Morgan fingerprint density at radius 2 is 1.58 bits per heavy atom. The molecule has 0 radical (unpaired) electrons. The van der Waals surface area contributed by atoms with E-state index in [4.69, 9.17) is 0 Å². The molecule has 1 fully saturated rings. The molecular formula is C24H30N2O5S2. The Labute approximate surface area is 196 Å². The molecule has 33 heavy (non-hydrogen) atoms. The number of amides is 1. The van der Waals surface area contributed by atoms with E-state index in [9.17, 15) is 21.6 Å². The van der Waals surface area contributed by atoms with Gasteiger partial charge in [0.25, 0.3) is 0 Å². The fraction of sp³-hybridized carbons (Fsp3) is 0.458. The molecule has 0 atom stereocenters. The SMILES string of the molecule is Cc1ccc(S(=O)(=O)N2CCN(C(=O)CCS(=O)(=O)c3ccc4c(c3)CCC4)CC2)c(C)c1. The lowest BCUT2D eigenvalue weighted by Gasteiger charge is -2.34. The molecule has 1 aliphatic heterocycles. The van der Waals surface area contributed by atoms with E-state index in [0.29, 0.717) is 5.56 Å². The zero-order valence-corrected chi connectivity index (χ0v) is 20.7. The van der Waals surface area contributed by atoms with Gasteiger partial charge in [-0.25, -0.2) is 16.8 Å². The van der Waals surface area contributed by atoms with Crippen molar-refractivity contribution in [2.24, 2.45) is 0 Å². The number of carbonyl (C=O) groups excluding carboxylic acids is 1. The highest BCUT2D eigenvalue weighted by Gasteiger charge is 2.31. The summed E-state index contributed by atoms with van der Waals surface area (Å²) in [6, 6.07) is 10.5. The molecule has 178 valence electrons. The molecule has 2 aromatic carbocycles. The van der Waals surface area contributed by atoms with Crippen LogP contribution in [-0.4, -0.2) is 63.9 Å². The van der Waals surface area contributed by atoms with Gasteiger partial charge in [0.05, 0.1) is 15.5 Å². The maximum atomic E-state index is 13.0.